The van der Waals surface area contributed by atoms with Crippen molar-refractivity contribution >= 4 is 0 Å². The van der Waals surface area contributed by atoms with E-state index in [0.29, 0.717) is 17.5 Å². The highest BCUT2D eigenvalue weighted by atomic mass is 16.5. The van der Waals surface area contributed by atoms with Gasteiger partial charge in [-0.15, -0.1) is 0 Å². The number of methoxy groups -OCH3 is 2. The van der Waals surface area contributed by atoms with Gasteiger partial charge < -0.3 is 9.47 Å². The Morgan fingerprint density at radius 2 is 2.00 bits per heavy atom. The highest BCUT2D eigenvalue weighted by molar-refractivity contribution is 5.38. The molecule has 1 aromatic heterocycles. The van der Waals surface area contributed by atoms with Crippen LogP contribution in [0.3, 0.4) is 0 Å². The summed E-state index contributed by atoms with van der Waals surface area (Å²) in [5, 5.41) is 0. The van der Waals surface area contributed by atoms with Crippen molar-refractivity contribution in [3.63, 3.8) is 0 Å². The number of nitrogens with one attached hydrogen (secondary N) is 1. The van der Waals surface area contributed by atoms with Gasteiger partial charge in [-0.05, 0) is 17.5 Å². The molecule has 6 heteroatoms. The van der Waals surface area contributed by atoms with Gasteiger partial charge in [-0.25, -0.2) is 10.4 Å². The number of benzene rings is 1. The lowest BCUT2D eigenvalue weighted by molar-refractivity contribution is 0.352. The molecule has 1 atom stereocenters. The molecule has 2 aromatic rings. The molecule has 2 rings (SSSR count). The van der Waals surface area contributed by atoms with Crippen LogP contribution >= 0.6 is 0 Å². The Balaban J connectivity index is 2.51. The summed E-state index contributed by atoms with van der Waals surface area (Å²) in [6.07, 6.45) is 2.46. The van der Waals surface area contributed by atoms with E-state index in [1.807, 2.05) is 18.2 Å². The van der Waals surface area contributed by atoms with Crippen LogP contribution in [0.5, 0.6) is 11.8 Å². The van der Waals surface area contributed by atoms with Crippen LogP contribution in [0, 0.1) is 0 Å². The maximum Gasteiger partial charge on any atom is 0.240 e. The lowest BCUT2D eigenvalue weighted by Gasteiger charge is -2.20. The molecule has 0 aliphatic heterocycles. The minimum atomic E-state index is -0.297. The lowest BCUT2D eigenvalue weighted by atomic mass is 9.97. The minimum absolute atomic E-state index is 0.297. The summed E-state index contributed by atoms with van der Waals surface area (Å²) in [7, 11) is 3.08. The molecule has 1 unspecified atom stereocenters. The third kappa shape index (κ3) is 3.12. The van der Waals surface area contributed by atoms with Crippen molar-refractivity contribution in [3.05, 3.63) is 47.3 Å². The van der Waals surface area contributed by atoms with Gasteiger partial charge in [0, 0.05) is 0 Å². The molecule has 1 heterocycles. The Labute approximate surface area is 124 Å². The van der Waals surface area contributed by atoms with Crippen LogP contribution in [-0.2, 0) is 6.42 Å². The molecule has 0 radical (unpaired) electrons. The second kappa shape index (κ2) is 7.01. The van der Waals surface area contributed by atoms with E-state index in [1.54, 1.807) is 13.3 Å². The largest absolute Gasteiger partial charge is 0.480 e. The first kappa shape index (κ1) is 15.2. The zero-order valence-corrected chi connectivity index (χ0v) is 12.5. The molecule has 6 nitrogen and oxygen atoms in total. The van der Waals surface area contributed by atoms with Gasteiger partial charge in [0.25, 0.3) is 0 Å². The summed E-state index contributed by atoms with van der Waals surface area (Å²) >= 11 is 0. The molecular weight excluding hydrogens is 268 g/mol. The topological polar surface area (TPSA) is 82.3 Å². The fourth-order valence-corrected chi connectivity index (χ4v) is 2.27. The van der Waals surface area contributed by atoms with Crippen molar-refractivity contribution < 1.29 is 9.47 Å². The van der Waals surface area contributed by atoms with Crippen LogP contribution < -0.4 is 20.7 Å². The summed E-state index contributed by atoms with van der Waals surface area (Å²) in [4.78, 5) is 8.65. The van der Waals surface area contributed by atoms with E-state index in [-0.39, 0.29) is 6.04 Å². The number of rotatable bonds is 6. The van der Waals surface area contributed by atoms with E-state index in [1.165, 1.54) is 12.7 Å². The fourth-order valence-electron chi connectivity index (χ4n) is 2.27. The third-order valence-electron chi connectivity index (χ3n) is 3.33. The SMILES string of the molecule is CCc1ccccc1C(NN)c1ncc(OC)nc1OC. The van der Waals surface area contributed by atoms with Crippen LogP contribution in [0.4, 0.5) is 0 Å². The van der Waals surface area contributed by atoms with Gasteiger partial charge in [0.05, 0.1) is 26.5 Å². The molecule has 0 aliphatic rings. The Kier molecular flexibility index (Phi) is 5.08. The molecule has 0 aliphatic carbocycles. The molecule has 0 spiro atoms. The van der Waals surface area contributed by atoms with Crippen molar-refractivity contribution in [3.8, 4) is 11.8 Å². The molecule has 112 valence electrons. The predicted molar refractivity (Wildman–Crippen MR) is 80.1 cm³/mol. The summed E-state index contributed by atoms with van der Waals surface area (Å²) in [6.45, 7) is 2.10. The smallest absolute Gasteiger partial charge is 0.240 e. The van der Waals surface area contributed by atoms with Gasteiger partial charge in [0.1, 0.15) is 5.69 Å². The van der Waals surface area contributed by atoms with Gasteiger partial charge in [-0.3, -0.25) is 5.84 Å². The van der Waals surface area contributed by atoms with Gasteiger partial charge in [-0.1, -0.05) is 31.2 Å². The standard InChI is InChI=1S/C15H20N4O2/c1-4-10-7-5-6-8-11(10)13(19-16)14-15(21-3)18-12(20-2)9-17-14/h5-9,13,19H,4,16H2,1-3H3. The number of hydrazine groups is 1. The number of nitrogens with two attached hydrogens (primary N) is 1. The Morgan fingerprint density at radius 1 is 1.24 bits per heavy atom. The molecule has 3 N–H and O–H groups in total. The van der Waals surface area contributed by atoms with Crippen LogP contribution in [0.25, 0.3) is 0 Å². The van der Waals surface area contributed by atoms with Gasteiger partial charge >= 0.3 is 0 Å². The lowest BCUT2D eigenvalue weighted by Crippen LogP contribution is -2.30. The Morgan fingerprint density at radius 3 is 2.62 bits per heavy atom. The molecule has 1 aromatic carbocycles. The molecular formula is C15H20N4O2. The molecule has 0 saturated carbocycles. The van der Waals surface area contributed by atoms with E-state index < -0.39 is 0 Å². The number of hydrogen-bond acceptors (Lipinski definition) is 6. The number of nitrogens with zero attached hydrogens (tertiary/aromatic N) is 2. The zero-order chi connectivity index (χ0) is 15.2. The predicted octanol–water partition coefficient (Wildman–Crippen LogP) is 1.61. The quantitative estimate of drug-likeness (QED) is 0.621. The first-order chi connectivity index (χ1) is 10.2. The van der Waals surface area contributed by atoms with Gasteiger partial charge in [-0.2, -0.15) is 4.98 Å². The van der Waals surface area contributed by atoms with E-state index in [2.05, 4.69) is 28.4 Å². The third-order valence-corrected chi connectivity index (χ3v) is 3.33. The first-order valence-electron chi connectivity index (χ1n) is 6.74. The normalized spacial score (nSPS) is 12.0. The molecule has 0 saturated heterocycles. The summed E-state index contributed by atoms with van der Waals surface area (Å²) in [5.74, 6) is 6.54. The van der Waals surface area contributed by atoms with E-state index in [9.17, 15) is 0 Å². The maximum atomic E-state index is 5.75. The van der Waals surface area contributed by atoms with Crippen LogP contribution in [-0.4, -0.2) is 24.2 Å². The van der Waals surface area contributed by atoms with Gasteiger partial charge in [0.15, 0.2) is 0 Å². The van der Waals surface area contributed by atoms with Gasteiger partial charge in [0.2, 0.25) is 11.8 Å². The molecule has 0 bridgehead atoms. The number of hydrogen-bond donors (Lipinski definition) is 2. The van der Waals surface area contributed by atoms with Crippen molar-refractivity contribution in [2.24, 2.45) is 5.84 Å². The van der Waals surface area contributed by atoms with Crippen molar-refractivity contribution in [1.82, 2.24) is 15.4 Å². The number of aromatic nitrogens is 2. The van der Waals surface area contributed by atoms with E-state index >= 15 is 0 Å². The summed E-state index contributed by atoms with van der Waals surface area (Å²) in [5.41, 5.74) is 5.68. The zero-order valence-electron chi connectivity index (χ0n) is 12.5. The number of aryl methyl sites for hydroxylation is 1. The highest BCUT2D eigenvalue weighted by Gasteiger charge is 2.22. The Hall–Kier alpha value is -2.18. The monoisotopic (exact) mass is 288 g/mol. The van der Waals surface area contributed by atoms with Crippen LogP contribution in [0.2, 0.25) is 0 Å². The first-order valence-corrected chi connectivity index (χ1v) is 6.74. The molecule has 0 fully saturated rings. The second-order valence-electron chi connectivity index (χ2n) is 4.46. The van der Waals surface area contributed by atoms with Crippen molar-refractivity contribution in [2.75, 3.05) is 14.2 Å². The summed E-state index contributed by atoms with van der Waals surface area (Å²) in [6, 6.07) is 7.78. The maximum absolute atomic E-state index is 5.75. The highest BCUT2D eigenvalue weighted by Crippen LogP contribution is 2.29. The Bertz CT molecular complexity index is 604. The second-order valence-corrected chi connectivity index (χ2v) is 4.46. The summed E-state index contributed by atoms with van der Waals surface area (Å²) < 4.78 is 10.4. The van der Waals surface area contributed by atoms with Crippen LogP contribution in [0.15, 0.2) is 30.5 Å². The fraction of sp³-hybridized carbons (Fsp3) is 0.333. The molecule has 21 heavy (non-hydrogen) atoms. The van der Waals surface area contributed by atoms with Crippen LogP contribution in [0.1, 0.15) is 29.8 Å². The molecule has 0 amide bonds. The minimum Gasteiger partial charge on any atom is -0.480 e. The van der Waals surface area contributed by atoms with Crippen molar-refractivity contribution in [2.45, 2.75) is 19.4 Å². The average molecular weight is 288 g/mol. The van der Waals surface area contributed by atoms with E-state index in [4.69, 9.17) is 15.3 Å². The van der Waals surface area contributed by atoms with E-state index in [0.717, 1.165) is 12.0 Å². The van der Waals surface area contributed by atoms with Crippen molar-refractivity contribution in [1.29, 1.82) is 0 Å². The average Bonchev–Trinajstić information content (AvgIpc) is 2.56. The number of ether oxygens (including phenoxy) is 2.